The van der Waals surface area contributed by atoms with Gasteiger partial charge in [0.15, 0.2) is 0 Å². The molecule has 0 aliphatic rings. The standard InChI is InChI=1S/C50H35NO/c1-3-10-36(11-4-1)38-18-20-39(21-19-38)41-24-30-47(31-25-41)51(46-28-22-40(23-29-46)37-12-5-2-6-13-37)48-32-26-42(27-33-48)43-15-9-16-44(34-43)50-35-45-14-7-8-17-49(45)52-50/h1-35H/i1D,2D,3D,4D,5D,6D,10D,11D,12D,13D. The fraction of sp³-hybridized carbons (Fsp3) is 0. The van der Waals surface area contributed by atoms with E-state index in [1.807, 2.05) is 103 Å². The molecule has 0 aliphatic heterocycles. The second kappa shape index (κ2) is 13.8. The Morgan fingerprint density at radius 2 is 0.769 bits per heavy atom. The van der Waals surface area contributed by atoms with Crippen LogP contribution in [0.1, 0.15) is 13.7 Å². The molecule has 2 nitrogen and oxygen atoms in total. The second-order valence-electron chi connectivity index (χ2n) is 12.3. The van der Waals surface area contributed by atoms with E-state index in [-0.39, 0.29) is 47.4 Å². The van der Waals surface area contributed by atoms with Crippen molar-refractivity contribution in [2.45, 2.75) is 0 Å². The highest BCUT2D eigenvalue weighted by Crippen LogP contribution is 2.38. The molecule has 2 heteroatoms. The van der Waals surface area contributed by atoms with Gasteiger partial charge >= 0.3 is 0 Å². The number of hydrogen-bond acceptors (Lipinski definition) is 2. The Kier molecular flexibility index (Phi) is 5.84. The van der Waals surface area contributed by atoms with Crippen molar-refractivity contribution in [3.05, 3.63) is 212 Å². The summed E-state index contributed by atoms with van der Waals surface area (Å²) in [5.41, 5.74) is 9.35. The molecule has 0 saturated carbocycles. The average molecular weight is 676 g/mol. The third-order valence-electron chi connectivity index (χ3n) is 9.08. The first-order chi connectivity index (χ1) is 29.9. The van der Waals surface area contributed by atoms with Gasteiger partial charge in [-0.2, -0.15) is 0 Å². The van der Waals surface area contributed by atoms with Gasteiger partial charge in [0.1, 0.15) is 11.3 Å². The maximum Gasteiger partial charge on any atom is 0.135 e. The predicted octanol–water partition coefficient (Wildman–Crippen LogP) is 14.2. The Labute approximate surface area is 318 Å². The van der Waals surface area contributed by atoms with Crippen molar-refractivity contribution in [3.63, 3.8) is 0 Å². The van der Waals surface area contributed by atoms with Gasteiger partial charge in [-0.25, -0.2) is 0 Å². The summed E-state index contributed by atoms with van der Waals surface area (Å²) in [4.78, 5) is 2.08. The van der Waals surface area contributed by atoms with Crippen LogP contribution in [0.3, 0.4) is 0 Å². The van der Waals surface area contributed by atoms with Gasteiger partial charge in [0.05, 0.1) is 13.7 Å². The smallest absolute Gasteiger partial charge is 0.135 e. The first kappa shape index (κ1) is 22.0. The minimum absolute atomic E-state index is 0.130. The van der Waals surface area contributed by atoms with E-state index < -0.39 is 24.2 Å². The van der Waals surface area contributed by atoms with Crippen LogP contribution in [0.2, 0.25) is 0 Å². The Bertz CT molecular complexity index is 3070. The molecule has 0 saturated heterocycles. The number of nitrogens with zero attached hydrogens (tertiary/aromatic N) is 1. The fourth-order valence-electron chi connectivity index (χ4n) is 6.42. The maximum atomic E-state index is 8.52. The van der Waals surface area contributed by atoms with Crippen LogP contribution in [-0.2, 0) is 0 Å². The Morgan fingerprint density at radius 3 is 1.27 bits per heavy atom. The molecule has 0 aliphatic carbocycles. The molecule has 0 spiro atoms. The van der Waals surface area contributed by atoms with Gasteiger partial charge in [-0.3, -0.25) is 0 Å². The zero-order valence-electron chi connectivity index (χ0n) is 37.8. The molecule has 0 unspecified atom stereocenters. The number of hydrogen-bond donors (Lipinski definition) is 0. The van der Waals surface area contributed by atoms with Crippen LogP contribution in [0.4, 0.5) is 17.1 Å². The number of anilines is 3. The van der Waals surface area contributed by atoms with Crippen LogP contribution in [-0.4, -0.2) is 0 Å². The van der Waals surface area contributed by atoms with Crippen LogP contribution >= 0.6 is 0 Å². The predicted molar refractivity (Wildman–Crippen MR) is 218 cm³/mol. The summed E-state index contributed by atoms with van der Waals surface area (Å²) in [7, 11) is 0. The molecule has 1 heterocycles. The van der Waals surface area contributed by atoms with Gasteiger partial charge in [0.25, 0.3) is 0 Å². The van der Waals surface area contributed by atoms with Crippen LogP contribution in [0, 0.1) is 0 Å². The van der Waals surface area contributed by atoms with Crippen LogP contribution in [0.25, 0.3) is 66.8 Å². The lowest BCUT2D eigenvalue weighted by Gasteiger charge is -2.26. The summed E-state index contributed by atoms with van der Waals surface area (Å²) in [6, 6.07) is 45.4. The number of furan rings is 1. The summed E-state index contributed by atoms with van der Waals surface area (Å²) in [5.74, 6) is 0.788. The summed E-state index contributed by atoms with van der Waals surface area (Å²) in [6.45, 7) is 0. The molecule has 246 valence electrons. The van der Waals surface area contributed by atoms with Gasteiger partial charge in [0.2, 0.25) is 0 Å². The number of para-hydroxylation sites is 1. The molecular formula is C50H35NO. The van der Waals surface area contributed by atoms with E-state index in [0.29, 0.717) is 11.1 Å². The lowest BCUT2D eigenvalue weighted by molar-refractivity contribution is 0.631. The maximum absolute atomic E-state index is 8.52. The number of fused-ring (bicyclic) bond motifs is 1. The van der Waals surface area contributed by atoms with Crippen molar-refractivity contribution in [3.8, 4) is 55.8 Å². The van der Waals surface area contributed by atoms with Crippen LogP contribution in [0.15, 0.2) is 217 Å². The average Bonchev–Trinajstić information content (AvgIpc) is 3.75. The molecule has 0 fully saturated rings. The lowest BCUT2D eigenvalue weighted by Crippen LogP contribution is -2.09. The van der Waals surface area contributed by atoms with E-state index in [9.17, 15) is 0 Å². The van der Waals surface area contributed by atoms with Gasteiger partial charge < -0.3 is 9.32 Å². The SMILES string of the molecule is [2H]c1c([2H])c([2H])c(-c2ccc(-c3ccc(N(c4ccc(-c5cccc(-c6cc7ccccc7o6)c5)cc4)c4ccc(-c5c([2H])c([2H])c([2H])c([2H])c5[2H])cc4)cc3)cc2)c([2H])c1[2H]. The molecule has 0 N–H and O–H groups in total. The summed E-state index contributed by atoms with van der Waals surface area (Å²) >= 11 is 0. The highest BCUT2D eigenvalue weighted by atomic mass is 16.3. The molecule has 0 bridgehead atoms. The quantitative estimate of drug-likeness (QED) is 0.159. The Balaban J connectivity index is 1.07. The molecule has 9 rings (SSSR count). The van der Waals surface area contributed by atoms with E-state index in [4.69, 9.17) is 18.1 Å². The van der Waals surface area contributed by atoms with Gasteiger partial charge in [-0.05, 0) is 99.1 Å². The molecule has 1 aromatic heterocycles. The van der Waals surface area contributed by atoms with Crippen molar-refractivity contribution in [2.75, 3.05) is 4.90 Å². The van der Waals surface area contributed by atoms with E-state index in [1.54, 1.807) is 24.3 Å². The summed E-state index contributed by atoms with van der Waals surface area (Å²) in [5, 5.41) is 1.04. The van der Waals surface area contributed by atoms with Crippen molar-refractivity contribution in [1.29, 1.82) is 0 Å². The zero-order chi connectivity index (χ0) is 43.4. The van der Waals surface area contributed by atoms with Gasteiger partial charge in [0, 0.05) is 28.0 Å². The second-order valence-corrected chi connectivity index (χ2v) is 12.3. The first-order valence-corrected chi connectivity index (χ1v) is 16.8. The minimum Gasteiger partial charge on any atom is -0.456 e. The molecular weight excluding hydrogens is 631 g/mol. The molecule has 52 heavy (non-hydrogen) atoms. The van der Waals surface area contributed by atoms with E-state index in [0.717, 1.165) is 61.6 Å². The highest BCUT2D eigenvalue weighted by molar-refractivity contribution is 5.85. The molecule has 8 aromatic carbocycles. The molecule has 0 radical (unpaired) electrons. The minimum atomic E-state index is -0.440. The van der Waals surface area contributed by atoms with Crippen molar-refractivity contribution in [2.24, 2.45) is 0 Å². The Morgan fingerprint density at radius 1 is 0.346 bits per heavy atom. The molecule has 0 amide bonds. The molecule has 9 aromatic rings. The van der Waals surface area contributed by atoms with Crippen molar-refractivity contribution >= 4 is 28.0 Å². The Hall–Kier alpha value is -6.90. The van der Waals surface area contributed by atoms with Crippen molar-refractivity contribution in [1.82, 2.24) is 0 Å². The number of rotatable bonds is 8. The van der Waals surface area contributed by atoms with Gasteiger partial charge in [-0.1, -0.05) is 157 Å². The third-order valence-corrected chi connectivity index (χ3v) is 9.08. The van der Waals surface area contributed by atoms with Crippen LogP contribution < -0.4 is 4.90 Å². The third kappa shape index (κ3) is 6.30. The lowest BCUT2D eigenvalue weighted by atomic mass is 9.99. The van der Waals surface area contributed by atoms with E-state index in [1.165, 1.54) is 0 Å². The summed E-state index contributed by atoms with van der Waals surface area (Å²) < 4.78 is 88.5. The highest BCUT2D eigenvalue weighted by Gasteiger charge is 2.15. The zero-order valence-corrected chi connectivity index (χ0v) is 27.8. The summed E-state index contributed by atoms with van der Waals surface area (Å²) in [6.07, 6.45) is 0. The topological polar surface area (TPSA) is 16.4 Å². The van der Waals surface area contributed by atoms with Gasteiger partial charge in [-0.15, -0.1) is 0 Å². The van der Waals surface area contributed by atoms with E-state index >= 15 is 0 Å². The fourth-order valence-corrected chi connectivity index (χ4v) is 6.42. The monoisotopic (exact) mass is 675 g/mol. The van der Waals surface area contributed by atoms with Crippen molar-refractivity contribution < 1.29 is 18.1 Å². The first-order valence-electron chi connectivity index (χ1n) is 21.8. The normalized spacial score (nSPS) is 13.8. The van der Waals surface area contributed by atoms with E-state index in [2.05, 4.69) is 29.2 Å². The molecule has 0 atom stereocenters. The number of benzene rings is 8. The van der Waals surface area contributed by atoms with Crippen LogP contribution in [0.5, 0.6) is 0 Å². The largest absolute Gasteiger partial charge is 0.456 e.